The largest absolute Gasteiger partial charge is 0.309 e. The van der Waals surface area contributed by atoms with Gasteiger partial charge in [-0.25, -0.2) is 0 Å². The number of rotatable bonds is 2. The number of fused-ring (bicyclic) bond motifs is 11. The van der Waals surface area contributed by atoms with Gasteiger partial charge in [0.25, 0.3) is 0 Å². The van der Waals surface area contributed by atoms with Crippen molar-refractivity contribution < 1.29 is 0 Å². The molecule has 0 atom stereocenters. The van der Waals surface area contributed by atoms with Crippen molar-refractivity contribution in [2.24, 2.45) is 0 Å². The highest BCUT2D eigenvalue weighted by Gasteiger charge is 2.19. The number of benzene rings is 6. The van der Waals surface area contributed by atoms with Gasteiger partial charge in [0.05, 0.1) is 36.5 Å². The van der Waals surface area contributed by atoms with Gasteiger partial charge in [-0.2, -0.15) is 0 Å². The summed E-state index contributed by atoms with van der Waals surface area (Å²) in [5.74, 6) is 0. The molecule has 6 aromatic carbocycles. The van der Waals surface area contributed by atoms with Crippen LogP contribution in [0, 0.1) is 0 Å². The Morgan fingerprint density at radius 3 is 1.71 bits per heavy atom. The highest BCUT2D eigenvalue weighted by molar-refractivity contribution is 7.44. The van der Waals surface area contributed by atoms with E-state index in [-0.39, 0.29) is 0 Å². The van der Waals surface area contributed by atoms with Gasteiger partial charge in [0, 0.05) is 48.1 Å². The molecule has 0 amide bonds. The summed E-state index contributed by atoms with van der Waals surface area (Å²) in [6.45, 7) is 0. The molecule has 2 nitrogen and oxygen atoms in total. The number of hydrogen-bond acceptors (Lipinski definition) is 2. The molecule has 42 heavy (non-hydrogen) atoms. The van der Waals surface area contributed by atoms with Crippen LogP contribution in [0.1, 0.15) is 0 Å². The first-order valence-corrected chi connectivity index (χ1v) is 15.8. The molecular formula is C38H22N2S2. The number of nitrogens with zero attached hydrogens (tertiary/aromatic N) is 2. The second-order valence-electron chi connectivity index (χ2n) is 10.9. The van der Waals surface area contributed by atoms with Gasteiger partial charge in [0.15, 0.2) is 0 Å². The van der Waals surface area contributed by atoms with Crippen LogP contribution >= 0.6 is 22.7 Å². The Morgan fingerprint density at radius 2 is 0.976 bits per heavy atom. The number of thiophene rings is 2. The Bertz CT molecular complexity index is 2640. The average molecular weight is 571 g/mol. The van der Waals surface area contributed by atoms with Crippen LogP contribution in [0.2, 0.25) is 0 Å². The predicted octanol–water partition coefficient (Wildman–Crippen LogP) is 11.5. The van der Waals surface area contributed by atoms with Crippen LogP contribution in [0.3, 0.4) is 0 Å². The van der Waals surface area contributed by atoms with Crippen molar-refractivity contribution >= 4 is 95.9 Å². The van der Waals surface area contributed by atoms with Crippen LogP contribution in [-0.2, 0) is 0 Å². The zero-order chi connectivity index (χ0) is 27.4. The summed E-state index contributed by atoms with van der Waals surface area (Å²) in [7, 11) is 0. The molecule has 4 aromatic heterocycles. The maximum atomic E-state index is 2.48. The molecule has 10 aromatic rings. The summed E-state index contributed by atoms with van der Waals surface area (Å²) in [6, 6.07) is 48.9. The Kier molecular flexibility index (Phi) is 4.51. The smallest absolute Gasteiger partial charge is 0.0891 e. The molecule has 4 heteroatoms. The second-order valence-corrected chi connectivity index (χ2v) is 13.3. The van der Waals surface area contributed by atoms with Gasteiger partial charge in [-0.15, -0.1) is 22.7 Å². The van der Waals surface area contributed by atoms with E-state index in [1.165, 1.54) is 84.6 Å². The fourth-order valence-corrected chi connectivity index (χ4v) is 9.69. The van der Waals surface area contributed by atoms with Crippen LogP contribution in [0.5, 0.6) is 0 Å². The molecule has 4 heterocycles. The molecule has 0 spiro atoms. The topological polar surface area (TPSA) is 9.86 Å². The van der Waals surface area contributed by atoms with E-state index in [1.54, 1.807) is 0 Å². The minimum atomic E-state index is 1.18. The van der Waals surface area contributed by atoms with Gasteiger partial charge >= 0.3 is 0 Å². The minimum absolute atomic E-state index is 1.18. The van der Waals surface area contributed by atoms with E-state index < -0.39 is 0 Å². The summed E-state index contributed by atoms with van der Waals surface area (Å²) >= 11 is 3.84. The Hall–Kier alpha value is -4.90. The lowest BCUT2D eigenvalue weighted by Gasteiger charge is -2.11. The van der Waals surface area contributed by atoms with E-state index in [0.29, 0.717) is 0 Å². The van der Waals surface area contributed by atoms with Crippen LogP contribution in [0.25, 0.3) is 84.6 Å². The Balaban J connectivity index is 1.28. The van der Waals surface area contributed by atoms with Gasteiger partial charge in [0.1, 0.15) is 0 Å². The number of hydrogen-bond donors (Lipinski definition) is 0. The molecule has 0 aliphatic carbocycles. The highest BCUT2D eigenvalue weighted by Crippen LogP contribution is 2.47. The minimum Gasteiger partial charge on any atom is -0.309 e. The SMILES string of the molecule is c1ccc2c(c1)sc1sc3c(-n4c5ccccc5c5cc(-n6c7ccccc7c7ccccc76)ccc54)cccc3c12. The lowest BCUT2D eigenvalue weighted by atomic mass is 10.1. The zero-order valence-electron chi connectivity index (χ0n) is 22.4. The van der Waals surface area contributed by atoms with Gasteiger partial charge in [-0.1, -0.05) is 84.9 Å². The first-order valence-electron chi connectivity index (χ1n) is 14.2. The van der Waals surface area contributed by atoms with Crippen molar-refractivity contribution in [2.75, 3.05) is 0 Å². The first-order chi connectivity index (χ1) is 20.8. The Labute approximate surface area is 248 Å². The molecule has 10 rings (SSSR count). The normalized spacial score (nSPS) is 12.3. The third-order valence-electron chi connectivity index (χ3n) is 8.76. The molecule has 0 saturated carbocycles. The molecule has 0 aliphatic heterocycles. The lowest BCUT2D eigenvalue weighted by Crippen LogP contribution is -1.96. The van der Waals surface area contributed by atoms with E-state index in [9.17, 15) is 0 Å². The molecule has 0 aliphatic rings. The highest BCUT2D eigenvalue weighted by atomic mass is 32.2. The maximum absolute atomic E-state index is 2.48. The second kappa shape index (κ2) is 8.32. The van der Waals surface area contributed by atoms with E-state index in [4.69, 9.17) is 0 Å². The molecule has 196 valence electrons. The van der Waals surface area contributed by atoms with Gasteiger partial charge < -0.3 is 9.13 Å². The fraction of sp³-hybridized carbons (Fsp3) is 0. The van der Waals surface area contributed by atoms with Gasteiger partial charge in [-0.3, -0.25) is 0 Å². The van der Waals surface area contributed by atoms with Crippen molar-refractivity contribution in [1.29, 1.82) is 0 Å². The molecule has 0 bridgehead atoms. The predicted molar refractivity (Wildman–Crippen MR) is 183 cm³/mol. The molecule has 0 radical (unpaired) electrons. The number of para-hydroxylation sites is 3. The van der Waals surface area contributed by atoms with E-state index in [2.05, 4.69) is 143 Å². The van der Waals surface area contributed by atoms with Crippen LogP contribution < -0.4 is 0 Å². The zero-order valence-corrected chi connectivity index (χ0v) is 24.0. The third-order valence-corrected chi connectivity index (χ3v) is 11.2. The summed E-state index contributed by atoms with van der Waals surface area (Å²) in [6.07, 6.45) is 0. The Morgan fingerprint density at radius 1 is 0.405 bits per heavy atom. The first kappa shape index (κ1) is 22.8. The summed E-state index contributed by atoms with van der Waals surface area (Å²) in [5, 5.41) is 9.21. The van der Waals surface area contributed by atoms with Gasteiger partial charge in [0.2, 0.25) is 0 Å². The van der Waals surface area contributed by atoms with Crippen LogP contribution in [-0.4, -0.2) is 9.13 Å². The van der Waals surface area contributed by atoms with Crippen LogP contribution in [0.15, 0.2) is 133 Å². The molecular weight excluding hydrogens is 549 g/mol. The molecule has 0 unspecified atom stereocenters. The number of aromatic nitrogens is 2. The van der Waals surface area contributed by atoms with Crippen molar-refractivity contribution in [3.8, 4) is 11.4 Å². The van der Waals surface area contributed by atoms with Crippen LogP contribution in [0.4, 0.5) is 0 Å². The van der Waals surface area contributed by atoms with E-state index in [0.717, 1.165) is 0 Å². The monoisotopic (exact) mass is 570 g/mol. The summed E-state index contributed by atoms with van der Waals surface area (Å²) in [5.41, 5.74) is 7.37. The standard InChI is InChI=1S/C38H22N2S2/c1-5-15-30-24(10-1)25-11-2-6-16-31(25)39(30)23-20-21-33-29(22-23)26-12-3-7-17-32(26)40(33)34-18-9-14-28-36-27-13-4-8-19-35(27)41-38(36)42-37(28)34/h1-22H. The quantitative estimate of drug-likeness (QED) is 0.196. The van der Waals surface area contributed by atoms with Crippen molar-refractivity contribution in [3.63, 3.8) is 0 Å². The van der Waals surface area contributed by atoms with Crippen molar-refractivity contribution in [3.05, 3.63) is 133 Å². The molecule has 0 N–H and O–H groups in total. The summed E-state index contributed by atoms with van der Waals surface area (Å²) < 4.78 is 8.99. The van der Waals surface area contributed by atoms with Gasteiger partial charge in [-0.05, 0) is 48.5 Å². The third kappa shape index (κ3) is 2.93. The van der Waals surface area contributed by atoms with E-state index in [1.807, 2.05) is 22.7 Å². The average Bonchev–Trinajstić information content (AvgIpc) is 3.77. The molecule has 0 saturated heterocycles. The van der Waals surface area contributed by atoms with E-state index >= 15 is 0 Å². The molecule has 0 fully saturated rings. The maximum Gasteiger partial charge on any atom is 0.0891 e. The fourth-order valence-electron chi connectivity index (χ4n) is 7.01. The summed E-state index contributed by atoms with van der Waals surface area (Å²) in [4.78, 5) is 0. The van der Waals surface area contributed by atoms with Crippen molar-refractivity contribution in [1.82, 2.24) is 9.13 Å². The lowest BCUT2D eigenvalue weighted by molar-refractivity contribution is 1.17. The van der Waals surface area contributed by atoms with Crippen molar-refractivity contribution in [2.45, 2.75) is 0 Å².